The van der Waals surface area contributed by atoms with E-state index >= 15 is 0 Å². The Kier molecular flexibility index (Phi) is 0.973. The number of urea groups is 1. The standard InChI is InChI=1S/C7H11N3O2/c11-6-9-2-1-7(4-8-7)5(3-9)10(6)12/h5,8,12H,1-4H2/t5-,7?/m1/s1. The van der Waals surface area contributed by atoms with E-state index in [9.17, 15) is 10.0 Å². The van der Waals surface area contributed by atoms with Crippen LogP contribution in [0, 0.1) is 0 Å². The van der Waals surface area contributed by atoms with Gasteiger partial charge in [-0.1, -0.05) is 0 Å². The SMILES string of the molecule is O=C1N2CCC3(CN3)[C@@H](C2)N1O. The van der Waals surface area contributed by atoms with Crippen molar-refractivity contribution in [3.63, 3.8) is 0 Å². The fourth-order valence-corrected chi connectivity index (χ4v) is 2.27. The molecule has 1 spiro atoms. The Morgan fingerprint density at radius 3 is 3.08 bits per heavy atom. The minimum atomic E-state index is -0.231. The fraction of sp³-hybridized carbons (Fsp3) is 0.857. The minimum Gasteiger partial charge on any atom is -0.321 e. The molecule has 3 aliphatic heterocycles. The lowest BCUT2D eigenvalue weighted by atomic mass is 9.93. The van der Waals surface area contributed by atoms with Crippen molar-refractivity contribution in [1.29, 1.82) is 0 Å². The Bertz CT molecular complexity index is 251. The van der Waals surface area contributed by atoms with Crippen LogP contribution in [-0.4, -0.2) is 52.4 Å². The van der Waals surface area contributed by atoms with E-state index in [1.165, 1.54) is 0 Å². The van der Waals surface area contributed by atoms with Crippen LogP contribution in [0.2, 0.25) is 0 Å². The summed E-state index contributed by atoms with van der Waals surface area (Å²) >= 11 is 0. The largest absolute Gasteiger partial charge is 0.344 e. The number of hydroxylamine groups is 2. The van der Waals surface area contributed by atoms with Crippen LogP contribution in [0.1, 0.15) is 6.42 Å². The molecule has 0 saturated carbocycles. The Morgan fingerprint density at radius 2 is 2.42 bits per heavy atom. The third kappa shape index (κ3) is 0.595. The first-order valence-corrected chi connectivity index (χ1v) is 4.25. The molecule has 5 nitrogen and oxygen atoms in total. The normalized spacial score (nSPS) is 44.4. The number of carbonyl (C=O) groups excluding carboxylic acids is 1. The zero-order valence-corrected chi connectivity index (χ0v) is 6.66. The molecule has 5 heteroatoms. The lowest BCUT2D eigenvalue weighted by Crippen LogP contribution is -2.47. The molecule has 0 aromatic carbocycles. The highest BCUT2D eigenvalue weighted by molar-refractivity contribution is 5.77. The van der Waals surface area contributed by atoms with Gasteiger partial charge in [-0.25, -0.2) is 4.79 Å². The number of nitrogens with one attached hydrogen (secondary N) is 1. The summed E-state index contributed by atoms with van der Waals surface area (Å²) in [4.78, 5) is 13.0. The van der Waals surface area contributed by atoms with Gasteiger partial charge in [0.1, 0.15) is 0 Å². The first kappa shape index (κ1) is 6.68. The van der Waals surface area contributed by atoms with Crippen LogP contribution in [0.3, 0.4) is 0 Å². The van der Waals surface area contributed by atoms with Gasteiger partial charge >= 0.3 is 6.03 Å². The molecule has 0 aromatic heterocycles. The summed E-state index contributed by atoms with van der Waals surface area (Å²) in [6.07, 6.45) is 0.973. The van der Waals surface area contributed by atoms with Crippen LogP contribution >= 0.6 is 0 Å². The molecule has 0 aliphatic carbocycles. The molecule has 2 bridgehead atoms. The summed E-state index contributed by atoms with van der Waals surface area (Å²) in [6, 6.07) is -0.246. The molecule has 3 heterocycles. The molecule has 66 valence electrons. The van der Waals surface area contributed by atoms with Crippen molar-refractivity contribution in [2.45, 2.75) is 18.0 Å². The Labute approximate surface area is 69.9 Å². The van der Waals surface area contributed by atoms with E-state index in [1.54, 1.807) is 4.90 Å². The van der Waals surface area contributed by atoms with Crippen LogP contribution in [0.25, 0.3) is 0 Å². The van der Waals surface area contributed by atoms with Crippen molar-refractivity contribution in [1.82, 2.24) is 15.3 Å². The summed E-state index contributed by atoms with van der Waals surface area (Å²) in [5.74, 6) is 0. The van der Waals surface area contributed by atoms with E-state index in [0.717, 1.165) is 24.6 Å². The average Bonchev–Trinajstić information content (AvgIpc) is 2.80. The highest BCUT2D eigenvalue weighted by atomic mass is 16.5. The van der Waals surface area contributed by atoms with E-state index in [1.807, 2.05) is 0 Å². The predicted molar refractivity (Wildman–Crippen MR) is 39.7 cm³/mol. The second-order valence-electron chi connectivity index (χ2n) is 3.85. The summed E-state index contributed by atoms with van der Waals surface area (Å²) in [5.41, 5.74) is 0.0530. The van der Waals surface area contributed by atoms with Gasteiger partial charge < -0.3 is 10.2 Å². The molecule has 0 radical (unpaired) electrons. The predicted octanol–water partition coefficient (Wildman–Crippen LogP) is -0.772. The number of piperidine rings is 1. The zero-order chi connectivity index (χ0) is 8.34. The number of carbonyl (C=O) groups is 1. The fourth-order valence-electron chi connectivity index (χ4n) is 2.27. The zero-order valence-electron chi connectivity index (χ0n) is 6.66. The van der Waals surface area contributed by atoms with Gasteiger partial charge in [-0.2, -0.15) is 5.06 Å². The molecule has 0 aromatic rings. The van der Waals surface area contributed by atoms with E-state index in [2.05, 4.69) is 5.32 Å². The van der Waals surface area contributed by atoms with Crippen LogP contribution in [0.5, 0.6) is 0 Å². The van der Waals surface area contributed by atoms with Gasteiger partial charge in [0.15, 0.2) is 0 Å². The summed E-state index contributed by atoms with van der Waals surface area (Å²) in [6.45, 7) is 2.40. The van der Waals surface area contributed by atoms with Crippen molar-refractivity contribution in [3.8, 4) is 0 Å². The smallest absolute Gasteiger partial charge is 0.321 e. The molecule has 3 rings (SSSR count). The monoisotopic (exact) mass is 169 g/mol. The first-order chi connectivity index (χ1) is 5.73. The molecule has 3 aliphatic rings. The van der Waals surface area contributed by atoms with Gasteiger partial charge in [0.05, 0.1) is 11.6 Å². The number of nitrogens with zero attached hydrogens (tertiary/aromatic N) is 2. The van der Waals surface area contributed by atoms with Gasteiger partial charge in [-0.3, -0.25) is 5.21 Å². The summed E-state index contributed by atoms with van der Waals surface area (Å²) in [5, 5.41) is 13.6. The maximum atomic E-state index is 11.3. The third-order valence-corrected chi connectivity index (χ3v) is 3.25. The topological polar surface area (TPSA) is 65.7 Å². The van der Waals surface area contributed by atoms with Crippen LogP contribution in [0.15, 0.2) is 0 Å². The van der Waals surface area contributed by atoms with Crippen molar-refractivity contribution < 1.29 is 10.0 Å². The van der Waals surface area contributed by atoms with Crippen LogP contribution < -0.4 is 5.32 Å². The molecule has 1 unspecified atom stereocenters. The second-order valence-corrected chi connectivity index (χ2v) is 3.85. The molecule has 2 N–H and O–H groups in total. The van der Waals surface area contributed by atoms with Gasteiger partial charge in [0.25, 0.3) is 0 Å². The summed E-state index contributed by atoms with van der Waals surface area (Å²) in [7, 11) is 0. The van der Waals surface area contributed by atoms with Crippen LogP contribution in [0.4, 0.5) is 4.79 Å². The van der Waals surface area contributed by atoms with Crippen LogP contribution in [-0.2, 0) is 0 Å². The lowest BCUT2D eigenvalue weighted by molar-refractivity contribution is -0.0666. The number of hydrogen-bond acceptors (Lipinski definition) is 3. The van der Waals surface area contributed by atoms with E-state index in [0.29, 0.717) is 6.54 Å². The average molecular weight is 169 g/mol. The number of rotatable bonds is 0. The Hall–Kier alpha value is -0.810. The maximum Gasteiger partial charge on any atom is 0.344 e. The molecular formula is C7H11N3O2. The van der Waals surface area contributed by atoms with Crippen molar-refractivity contribution in [2.24, 2.45) is 0 Å². The van der Waals surface area contributed by atoms with Gasteiger partial charge in [0, 0.05) is 19.6 Å². The molecule has 3 fully saturated rings. The maximum absolute atomic E-state index is 11.3. The van der Waals surface area contributed by atoms with Crippen molar-refractivity contribution in [2.75, 3.05) is 19.6 Å². The van der Waals surface area contributed by atoms with E-state index in [-0.39, 0.29) is 17.6 Å². The first-order valence-electron chi connectivity index (χ1n) is 4.25. The Balaban J connectivity index is 1.96. The van der Waals surface area contributed by atoms with Crippen molar-refractivity contribution in [3.05, 3.63) is 0 Å². The molecule has 2 atom stereocenters. The van der Waals surface area contributed by atoms with E-state index < -0.39 is 0 Å². The second kappa shape index (κ2) is 1.75. The minimum absolute atomic E-state index is 0.0150. The molecule has 3 saturated heterocycles. The van der Waals surface area contributed by atoms with Crippen molar-refractivity contribution >= 4 is 6.03 Å². The number of fused-ring (bicyclic) bond motifs is 3. The number of hydrogen-bond donors (Lipinski definition) is 2. The quantitative estimate of drug-likeness (QED) is 0.369. The molecule has 12 heavy (non-hydrogen) atoms. The third-order valence-electron chi connectivity index (χ3n) is 3.25. The molecule has 2 amide bonds. The highest BCUT2D eigenvalue weighted by Crippen LogP contribution is 2.37. The number of amides is 2. The lowest BCUT2D eigenvalue weighted by Gasteiger charge is -2.28. The summed E-state index contributed by atoms with van der Waals surface area (Å²) < 4.78 is 0. The van der Waals surface area contributed by atoms with Gasteiger partial charge in [0.2, 0.25) is 0 Å². The molecular weight excluding hydrogens is 158 g/mol. The van der Waals surface area contributed by atoms with Gasteiger partial charge in [-0.05, 0) is 6.42 Å². The van der Waals surface area contributed by atoms with E-state index in [4.69, 9.17) is 0 Å². The van der Waals surface area contributed by atoms with Gasteiger partial charge in [-0.15, -0.1) is 0 Å². The highest BCUT2D eigenvalue weighted by Gasteiger charge is 2.59. The Morgan fingerprint density at radius 1 is 1.67 bits per heavy atom.